The van der Waals surface area contributed by atoms with Gasteiger partial charge in [-0.05, 0) is 32.6 Å². The van der Waals surface area contributed by atoms with Crippen LogP contribution in [0, 0.1) is 5.41 Å². The van der Waals surface area contributed by atoms with Crippen LogP contribution in [0.15, 0.2) is 0 Å². The zero-order valence-electron chi connectivity index (χ0n) is 9.75. The molecule has 1 saturated carbocycles. The Labute approximate surface area is 91.5 Å². The second-order valence-corrected chi connectivity index (χ2v) is 5.18. The molecule has 0 aromatic rings. The van der Waals surface area contributed by atoms with Crippen LogP contribution >= 0.6 is 0 Å². The second kappa shape index (κ2) is 4.52. The van der Waals surface area contributed by atoms with Crippen LogP contribution in [0.4, 0.5) is 0 Å². The van der Waals surface area contributed by atoms with Gasteiger partial charge in [-0.15, -0.1) is 0 Å². The average molecular weight is 214 g/mol. The molecule has 3 heteroatoms. The van der Waals surface area contributed by atoms with Crippen molar-refractivity contribution in [2.45, 2.75) is 64.4 Å². The molecular formula is C12H22O3. The maximum atomic E-state index is 11.2. The lowest BCUT2D eigenvalue weighted by atomic mass is 9.71. The number of carboxylic acid groups (broad SMARTS) is 1. The number of hydrogen-bond acceptors (Lipinski definition) is 2. The first-order valence-electron chi connectivity index (χ1n) is 5.88. The van der Waals surface area contributed by atoms with Gasteiger partial charge in [0.1, 0.15) is 0 Å². The van der Waals surface area contributed by atoms with E-state index in [1.165, 1.54) is 0 Å². The number of carbonyl (C=O) groups is 1. The number of aliphatic hydroxyl groups is 1. The van der Waals surface area contributed by atoms with E-state index in [1.54, 1.807) is 6.92 Å². The lowest BCUT2D eigenvalue weighted by molar-refractivity contribution is -0.153. The standard InChI is InChI=1S/C12H22O3/c1-3-11(2,10(13)14)9-12(15)7-5-4-6-8-12/h15H,3-9H2,1-2H3,(H,13,14). The van der Waals surface area contributed by atoms with E-state index in [0.717, 1.165) is 32.1 Å². The highest BCUT2D eigenvalue weighted by molar-refractivity contribution is 5.74. The molecule has 1 unspecified atom stereocenters. The molecule has 3 nitrogen and oxygen atoms in total. The summed E-state index contributed by atoms with van der Waals surface area (Å²) in [6.07, 6.45) is 5.70. The minimum Gasteiger partial charge on any atom is -0.481 e. The van der Waals surface area contributed by atoms with Gasteiger partial charge < -0.3 is 10.2 Å². The molecule has 0 aromatic heterocycles. The predicted octanol–water partition coefficient (Wildman–Crippen LogP) is 2.57. The van der Waals surface area contributed by atoms with E-state index in [9.17, 15) is 9.90 Å². The van der Waals surface area contributed by atoms with Gasteiger partial charge in [-0.3, -0.25) is 4.79 Å². The Bertz CT molecular complexity index is 231. The summed E-state index contributed by atoms with van der Waals surface area (Å²) in [5.74, 6) is -0.788. The first kappa shape index (κ1) is 12.5. The van der Waals surface area contributed by atoms with Gasteiger partial charge in [0.2, 0.25) is 0 Å². The van der Waals surface area contributed by atoms with Gasteiger partial charge in [0.15, 0.2) is 0 Å². The fourth-order valence-electron chi connectivity index (χ4n) is 2.46. The van der Waals surface area contributed by atoms with Crippen molar-refractivity contribution in [2.24, 2.45) is 5.41 Å². The van der Waals surface area contributed by atoms with E-state index in [2.05, 4.69) is 0 Å². The summed E-state index contributed by atoms with van der Waals surface area (Å²) in [6, 6.07) is 0. The van der Waals surface area contributed by atoms with Gasteiger partial charge in [0.25, 0.3) is 0 Å². The summed E-state index contributed by atoms with van der Waals surface area (Å²) in [6.45, 7) is 3.61. The zero-order chi connectivity index (χ0) is 11.5. The molecule has 0 saturated heterocycles. The zero-order valence-corrected chi connectivity index (χ0v) is 9.75. The molecule has 0 spiro atoms. The molecule has 0 amide bonds. The average Bonchev–Trinajstić information content (AvgIpc) is 2.17. The monoisotopic (exact) mass is 214 g/mol. The molecular weight excluding hydrogens is 192 g/mol. The molecule has 88 valence electrons. The SMILES string of the molecule is CCC(C)(CC1(O)CCCCC1)C(=O)O. The first-order chi connectivity index (χ1) is 6.92. The number of rotatable bonds is 4. The smallest absolute Gasteiger partial charge is 0.309 e. The van der Waals surface area contributed by atoms with Crippen molar-refractivity contribution >= 4 is 5.97 Å². The fourth-order valence-corrected chi connectivity index (χ4v) is 2.46. The van der Waals surface area contributed by atoms with Crippen molar-refractivity contribution in [3.8, 4) is 0 Å². The molecule has 1 aliphatic carbocycles. The molecule has 1 rings (SSSR count). The summed E-state index contributed by atoms with van der Waals surface area (Å²) < 4.78 is 0. The van der Waals surface area contributed by atoms with Crippen molar-refractivity contribution in [1.82, 2.24) is 0 Å². The third-order valence-corrected chi connectivity index (χ3v) is 3.80. The van der Waals surface area contributed by atoms with E-state index in [-0.39, 0.29) is 0 Å². The molecule has 2 N–H and O–H groups in total. The van der Waals surface area contributed by atoms with Crippen molar-refractivity contribution in [2.75, 3.05) is 0 Å². The highest BCUT2D eigenvalue weighted by atomic mass is 16.4. The van der Waals surface area contributed by atoms with Gasteiger partial charge in [-0.1, -0.05) is 26.2 Å². The van der Waals surface area contributed by atoms with Crippen LogP contribution in [0.1, 0.15) is 58.8 Å². The van der Waals surface area contributed by atoms with E-state index in [0.29, 0.717) is 12.8 Å². The Morgan fingerprint density at radius 2 is 1.87 bits per heavy atom. The van der Waals surface area contributed by atoms with Gasteiger partial charge in [-0.2, -0.15) is 0 Å². The van der Waals surface area contributed by atoms with Crippen molar-refractivity contribution in [3.63, 3.8) is 0 Å². The minimum atomic E-state index is -0.788. The van der Waals surface area contributed by atoms with E-state index < -0.39 is 17.0 Å². The lowest BCUT2D eigenvalue weighted by Gasteiger charge is -2.38. The van der Waals surface area contributed by atoms with Gasteiger partial charge >= 0.3 is 5.97 Å². The van der Waals surface area contributed by atoms with Crippen LogP contribution in [-0.2, 0) is 4.79 Å². The quantitative estimate of drug-likeness (QED) is 0.756. The normalized spacial score (nSPS) is 24.5. The predicted molar refractivity (Wildman–Crippen MR) is 58.7 cm³/mol. The Hall–Kier alpha value is -0.570. The number of aliphatic carboxylic acids is 1. The molecule has 0 bridgehead atoms. The van der Waals surface area contributed by atoms with E-state index in [1.807, 2.05) is 6.92 Å². The second-order valence-electron chi connectivity index (χ2n) is 5.18. The van der Waals surface area contributed by atoms with E-state index in [4.69, 9.17) is 5.11 Å². The van der Waals surface area contributed by atoms with Crippen molar-refractivity contribution < 1.29 is 15.0 Å². The van der Waals surface area contributed by atoms with Crippen LogP contribution < -0.4 is 0 Å². The van der Waals surface area contributed by atoms with Crippen LogP contribution in [0.5, 0.6) is 0 Å². The minimum absolute atomic E-state index is 0.395. The van der Waals surface area contributed by atoms with Crippen molar-refractivity contribution in [3.05, 3.63) is 0 Å². The number of carboxylic acids is 1. The molecule has 0 heterocycles. The molecule has 0 aliphatic heterocycles. The molecule has 1 aliphatic rings. The van der Waals surface area contributed by atoms with Crippen LogP contribution in [0.2, 0.25) is 0 Å². The molecule has 0 aromatic carbocycles. The van der Waals surface area contributed by atoms with Crippen LogP contribution in [-0.4, -0.2) is 21.8 Å². The molecule has 1 atom stereocenters. The topological polar surface area (TPSA) is 57.5 Å². The molecule has 15 heavy (non-hydrogen) atoms. The fraction of sp³-hybridized carbons (Fsp3) is 0.917. The third-order valence-electron chi connectivity index (χ3n) is 3.80. The maximum Gasteiger partial charge on any atom is 0.309 e. The highest BCUT2D eigenvalue weighted by Crippen LogP contribution is 2.39. The van der Waals surface area contributed by atoms with Crippen LogP contribution in [0.3, 0.4) is 0 Å². The van der Waals surface area contributed by atoms with Gasteiger partial charge in [0, 0.05) is 0 Å². The van der Waals surface area contributed by atoms with E-state index >= 15 is 0 Å². The Balaban J connectivity index is 2.68. The summed E-state index contributed by atoms with van der Waals surface area (Å²) in [5.41, 5.74) is -1.51. The largest absolute Gasteiger partial charge is 0.481 e. The van der Waals surface area contributed by atoms with Crippen molar-refractivity contribution in [1.29, 1.82) is 0 Å². The Morgan fingerprint density at radius 1 is 1.33 bits per heavy atom. The molecule has 0 radical (unpaired) electrons. The molecule has 1 fully saturated rings. The lowest BCUT2D eigenvalue weighted by Crippen LogP contribution is -2.41. The van der Waals surface area contributed by atoms with Gasteiger partial charge in [0.05, 0.1) is 11.0 Å². The third kappa shape index (κ3) is 2.94. The summed E-state index contributed by atoms with van der Waals surface area (Å²) >= 11 is 0. The van der Waals surface area contributed by atoms with Crippen LogP contribution in [0.25, 0.3) is 0 Å². The maximum absolute atomic E-state index is 11.2. The van der Waals surface area contributed by atoms with Gasteiger partial charge in [-0.25, -0.2) is 0 Å². The summed E-state index contributed by atoms with van der Waals surface area (Å²) in [7, 11) is 0. The Morgan fingerprint density at radius 3 is 2.27 bits per heavy atom. The summed E-state index contributed by atoms with van der Waals surface area (Å²) in [5, 5.41) is 19.5. The Kier molecular flexibility index (Phi) is 3.77. The first-order valence-corrected chi connectivity index (χ1v) is 5.88. The highest BCUT2D eigenvalue weighted by Gasteiger charge is 2.41. The summed E-state index contributed by atoms with van der Waals surface area (Å²) in [4.78, 5) is 11.2. The number of hydrogen-bond donors (Lipinski definition) is 2.